The lowest BCUT2D eigenvalue weighted by molar-refractivity contribution is -0.150. The van der Waals surface area contributed by atoms with Crippen LogP contribution in [-0.2, 0) is 9.53 Å². The van der Waals surface area contributed by atoms with Crippen molar-refractivity contribution in [2.24, 2.45) is 5.73 Å². The molecule has 0 aliphatic carbocycles. The number of hydrogen-bond donors (Lipinski definition) is 3. The summed E-state index contributed by atoms with van der Waals surface area (Å²) in [6.07, 6.45) is 9.64. The number of carbonyl (C=O) groups excluding carboxylic acids is 1. The van der Waals surface area contributed by atoms with Crippen LogP contribution in [0.4, 0.5) is 0 Å². The monoisotopic (exact) mass is 317 g/mol. The number of rotatable bonds is 14. The van der Waals surface area contributed by atoms with Crippen molar-refractivity contribution in [1.29, 1.82) is 0 Å². The average Bonchev–Trinajstić information content (AvgIpc) is 2.45. The standard InChI is InChI=1S/C17H35NO4/c1-3-4-5-6-7-8-9-10-11-12-16(19)22-14(2)13-15(18)17(20)21/h14-15,17,20-21H,3-13,18H2,1-2H3. The Bertz CT molecular complexity index is 271. The van der Waals surface area contributed by atoms with Crippen molar-refractivity contribution in [2.45, 2.75) is 103 Å². The maximum Gasteiger partial charge on any atom is 0.306 e. The van der Waals surface area contributed by atoms with Crippen molar-refractivity contribution in [3.8, 4) is 0 Å². The zero-order valence-corrected chi connectivity index (χ0v) is 14.3. The Morgan fingerprint density at radius 2 is 1.50 bits per heavy atom. The number of esters is 1. The van der Waals surface area contributed by atoms with Crippen LogP contribution in [0.1, 0.15) is 84.5 Å². The Morgan fingerprint density at radius 3 is 2.00 bits per heavy atom. The average molecular weight is 317 g/mol. The predicted molar refractivity (Wildman–Crippen MR) is 88.2 cm³/mol. The van der Waals surface area contributed by atoms with E-state index in [1.165, 1.54) is 44.9 Å². The maximum absolute atomic E-state index is 11.6. The summed E-state index contributed by atoms with van der Waals surface area (Å²) in [7, 11) is 0. The first kappa shape index (κ1) is 21.4. The van der Waals surface area contributed by atoms with Gasteiger partial charge in [0.05, 0.1) is 6.04 Å². The first-order valence-electron chi connectivity index (χ1n) is 8.78. The van der Waals surface area contributed by atoms with Crippen LogP contribution in [0, 0.1) is 0 Å². The molecule has 0 aromatic carbocycles. The minimum absolute atomic E-state index is 0.227. The minimum Gasteiger partial charge on any atom is -0.463 e. The summed E-state index contributed by atoms with van der Waals surface area (Å²) in [5.41, 5.74) is 5.50. The topological polar surface area (TPSA) is 92.8 Å². The number of aliphatic hydroxyl groups excluding tert-OH is 1. The van der Waals surface area contributed by atoms with Crippen molar-refractivity contribution < 1.29 is 19.7 Å². The van der Waals surface area contributed by atoms with Gasteiger partial charge in [-0.25, -0.2) is 0 Å². The van der Waals surface area contributed by atoms with Crippen LogP contribution in [0.3, 0.4) is 0 Å². The van der Waals surface area contributed by atoms with Gasteiger partial charge >= 0.3 is 5.97 Å². The molecule has 0 bridgehead atoms. The number of nitrogens with two attached hydrogens (primary N) is 1. The summed E-state index contributed by atoms with van der Waals surface area (Å²) in [6, 6.07) is -0.782. The predicted octanol–water partition coefficient (Wildman–Crippen LogP) is 2.87. The second-order valence-corrected chi connectivity index (χ2v) is 6.19. The summed E-state index contributed by atoms with van der Waals surface area (Å²) in [6.45, 7) is 3.94. The molecule has 0 amide bonds. The van der Waals surface area contributed by atoms with Gasteiger partial charge in [-0.3, -0.25) is 4.79 Å². The molecule has 0 aliphatic heterocycles. The van der Waals surface area contributed by atoms with Crippen molar-refractivity contribution in [1.82, 2.24) is 0 Å². The molecule has 0 saturated carbocycles. The number of ether oxygens (including phenoxy) is 1. The van der Waals surface area contributed by atoms with Gasteiger partial charge in [0.15, 0.2) is 6.29 Å². The first-order valence-corrected chi connectivity index (χ1v) is 8.78. The molecule has 4 N–H and O–H groups in total. The number of aliphatic hydroxyl groups is 2. The van der Waals surface area contributed by atoms with Crippen LogP contribution in [0.2, 0.25) is 0 Å². The van der Waals surface area contributed by atoms with Crippen molar-refractivity contribution >= 4 is 5.97 Å². The second kappa shape index (κ2) is 14.0. The molecule has 0 fully saturated rings. The molecule has 0 aromatic rings. The summed E-state index contributed by atoms with van der Waals surface area (Å²) in [4.78, 5) is 11.6. The zero-order valence-electron chi connectivity index (χ0n) is 14.3. The molecule has 2 atom stereocenters. The van der Waals surface area contributed by atoms with Gasteiger partial charge in [0.2, 0.25) is 0 Å². The van der Waals surface area contributed by atoms with Crippen LogP contribution < -0.4 is 5.73 Å². The fourth-order valence-corrected chi connectivity index (χ4v) is 2.42. The fourth-order valence-electron chi connectivity index (χ4n) is 2.42. The highest BCUT2D eigenvalue weighted by molar-refractivity contribution is 5.69. The van der Waals surface area contributed by atoms with Gasteiger partial charge in [-0.05, 0) is 13.3 Å². The quantitative estimate of drug-likeness (QED) is 0.260. The van der Waals surface area contributed by atoms with Gasteiger partial charge in [0.1, 0.15) is 6.10 Å². The van der Waals surface area contributed by atoms with Gasteiger partial charge < -0.3 is 20.7 Å². The van der Waals surface area contributed by atoms with Gasteiger partial charge in [0.25, 0.3) is 0 Å². The highest BCUT2D eigenvalue weighted by atomic mass is 16.5. The van der Waals surface area contributed by atoms with Crippen LogP contribution >= 0.6 is 0 Å². The summed E-state index contributed by atoms with van der Waals surface area (Å²) >= 11 is 0. The molecule has 5 nitrogen and oxygen atoms in total. The van der Waals surface area contributed by atoms with Gasteiger partial charge in [-0.2, -0.15) is 0 Å². The normalized spacial score (nSPS) is 14.1. The maximum atomic E-state index is 11.6. The van der Waals surface area contributed by atoms with E-state index >= 15 is 0 Å². The molecule has 5 heteroatoms. The SMILES string of the molecule is CCCCCCCCCCCC(=O)OC(C)CC(N)C(O)O. The Hall–Kier alpha value is -0.650. The van der Waals surface area contributed by atoms with Gasteiger partial charge in [-0.1, -0.05) is 58.3 Å². The van der Waals surface area contributed by atoms with E-state index in [1.54, 1.807) is 6.92 Å². The Morgan fingerprint density at radius 1 is 1.00 bits per heavy atom. The molecule has 0 radical (unpaired) electrons. The molecule has 22 heavy (non-hydrogen) atoms. The smallest absolute Gasteiger partial charge is 0.306 e. The highest BCUT2D eigenvalue weighted by Gasteiger charge is 2.17. The second-order valence-electron chi connectivity index (χ2n) is 6.19. The molecule has 0 aliphatic rings. The summed E-state index contributed by atoms with van der Waals surface area (Å²) in [5.74, 6) is -0.227. The van der Waals surface area contributed by atoms with E-state index in [2.05, 4.69) is 6.92 Å². The fraction of sp³-hybridized carbons (Fsp3) is 0.941. The molecule has 132 valence electrons. The van der Waals surface area contributed by atoms with E-state index in [0.717, 1.165) is 12.8 Å². The molecular weight excluding hydrogens is 282 g/mol. The van der Waals surface area contributed by atoms with E-state index in [0.29, 0.717) is 6.42 Å². The molecule has 2 unspecified atom stereocenters. The minimum atomic E-state index is -1.57. The van der Waals surface area contributed by atoms with Crippen molar-refractivity contribution in [3.63, 3.8) is 0 Å². The van der Waals surface area contributed by atoms with Crippen molar-refractivity contribution in [3.05, 3.63) is 0 Å². The van der Waals surface area contributed by atoms with Crippen LogP contribution in [0.25, 0.3) is 0 Å². The largest absolute Gasteiger partial charge is 0.463 e. The van der Waals surface area contributed by atoms with Crippen LogP contribution in [0.15, 0.2) is 0 Å². The molecule has 0 saturated heterocycles. The third-order valence-electron chi connectivity index (χ3n) is 3.80. The van der Waals surface area contributed by atoms with E-state index < -0.39 is 12.3 Å². The summed E-state index contributed by atoms with van der Waals surface area (Å²) in [5, 5.41) is 17.8. The van der Waals surface area contributed by atoms with Gasteiger partial charge in [0, 0.05) is 12.8 Å². The lowest BCUT2D eigenvalue weighted by Crippen LogP contribution is -2.37. The van der Waals surface area contributed by atoms with E-state index in [4.69, 9.17) is 20.7 Å². The summed E-state index contributed by atoms with van der Waals surface area (Å²) < 4.78 is 5.20. The lowest BCUT2D eigenvalue weighted by Gasteiger charge is -2.19. The zero-order chi connectivity index (χ0) is 16.8. The van der Waals surface area contributed by atoms with Crippen LogP contribution in [-0.4, -0.2) is 34.6 Å². The Balaban J connectivity index is 3.46. The Labute approximate surface area is 135 Å². The highest BCUT2D eigenvalue weighted by Crippen LogP contribution is 2.11. The number of hydrogen-bond acceptors (Lipinski definition) is 5. The lowest BCUT2D eigenvalue weighted by atomic mass is 10.1. The molecule has 0 heterocycles. The van der Waals surface area contributed by atoms with E-state index in [9.17, 15) is 4.79 Å². The first-order chi connectivity index (χ1) is 10.5. The number of carbonyl (C=O) groups is 1. The Kier molecular flexibility index (Phi) is 13.6. The van der Waals surface area contributed by atoms with Gasteiger partial charge in [-0.15, -0.1) is 0 Å². The molecule has 0 aromatic heterocycles. The van der Waals surface area contributed by atoms with E-state index in [1.807, 2.05) is 0 Å². The molecule has 0 spiro atoms. The van der Waals surface area contributed by atoms with E-state index in [-0.39, 0.29) is 18.5 Å². The molecule has 0 rings (SSSR count). The number of unbranched alkanes of at least 4 members (excludes halogenated alkanes) is 8. The molecular formula is C17H35NO4. The third kappa shape index (κ3) is 13.0. The van der Waals surface area contributed by atoms with Crippen LogP contribution in [0.5, 0.6) is 0 Å². The van der Waals surface area contributed by atoms with Crippen molar-refractivity contribution in [2.75, 3.05) is 0 Å². The third-order valence-corrected chi connectivity index (χ3v) is 3.80.